The summed E-state index contributed by atoms with van der Waals surface area (Å²) in [5, 5.41) is 0. The van der Waals surface area contributed by atoms with Crippen LogP contribution in [0.2, 0.25) is 0 Å². The molecule has 20 heavy (non-hydrogen) atoms. The van der Waals surface area contributed by atoms with E-state index in [-0.39, 0.29) is 0 Å². The van der Waals surface area contributed by atoms with Crippen molar-refractivity contribution < 1.29 is 4.74 Å². The average Bonchev–Trinajstić information content (AvgIpc) is 2.40. The highest BCUT2D eigenvalue weighted by molar-refractivity contribution is 9.10. The second-order valence-corrected chi connectivity index (χ2v) is 6.40. The molecular weight excluding hydrogens is 336 g/mol. The van der Waals surface area contributed by atoms with Gasteiger partial charge in [0.05, 0.1) is 12.8 Å². The van der Waals surface area contributed by atoms with E-state index in [0.717, 1.165) is 43.4 Å². The van der Waals surface area contributed by atoms with E-state index in [4.69, 9.17) is 10.5 Å². The fraction of sp³-hybridized carbons (Fsp3) is 0.267. The normalized spacial score (nSPS) is 10.6. The molecule has 2 N–H and O–H groups in total. The quantitative estimate of drug-likeness (QED) is 0.656. The van der Waals surface area contributed by atoms with Crippen molar-refractivity contribution in [3.05, 3.63) is 45.7 Å². The van der Waals surface area contributed by atoms with Gasteiger partial charge in [-0.1, -0.05) is 0 Å². The largest absolute Gasteiger partial charge is 0.496 e. The number of methoxy groups -OCH3 is 1. The molecule has 0 spiro atoms. The Bertz CT molecular complexity index is 632. The third-order valence-electron chi connectivity index (χ3n) is 3.07. The van der Waals surface area contributed by atoms with E-state index in [9.17, 15) is 0 Å². The number of nitrogens with two attached hydrogens (primary N) is 1. The van der Waals surface area contributed by atoms with E-state index in [1.165, 1.54) is 0 Å². The molecule has 3 nitrogen and oxygen atoms in total. The lowest BCUT2D eigenvalue weighted by Gasteiger charge is -2.12. The van der Waals surface area contributed by atoms with Crippen LogP contribution in [0, 0.1) is 13.8 Å². The topological polar surface area (TPSA) is 48.1 Å². The lowest BCUT2D eigenvalue weighted by atomic mass is 10.1. The van der Waals surface area contributed by atoms with Gasteiger partial charge >= 0.3 is 0 Å². The number of thioether (sulfide) groups is 1. The highest BCUT2D eigenvalue weighted by Crippen LogP contribution is 2.33. The predicted octanol–water partition coefficient (Wildman–Crippen LogP) is 4.34. The molecule has 1 heterocycles. The number of aryl methyl sites for hydroxylation is 1. The van der Waals surface area contributed by atoms with Gasteiger partial charge in [-0.2, -0.15) is 0 Å². The summed E-state index contributed by atoms with van der Waals surface area (Å²) >= 11 is 5.26. The van der Waals surface area contributed by atoms with Crippen molar-refractivity contribution in [2.75, 3.05) is 12.8 Å². The predicted molar refractivity (Wildman–Crippen MR) is 88.4 cm³/mol. The lowest BCUT2D eigenvalue weighted by Crippen LogP contribution is -1.98. The maximum atomic E-state index is 5.75. The van der Waals surface area contributed by atoms with Crippen LogP contribution in [-0.4, -0.2) is 12.1 Å². The number of benzene rings is 1. The Hall–Kier alpha value is -1.20. The Balaban J connectivity index is 2.19. The van der Waals surface area contributed by atoms with Crippen molar-refractivity contribution in [3.63, 3.8) is 0 Å². The molecule has 0 bridgehead atoms. The van der Waals surface area contributed by atoms with Crippen LogP contribution in [0.1, 0.15) is 16.8 Å². The van der Waals surface area contributed by atoms with Gasteiger partial charge in [-0.3, -0.25) is 4.98 Å². The molecule has 1 aromatic carbocycles. The van der Waals surface area contributed by atoms with Crippen LogP contribution in [0.25, 0.3) is 0 Å². The van der Waals surface area contributed by atoms with Crippen LogP contribution in [0.4, 0.5) is 5.69 Å². The minimum atomic E-state index is 0.757. The first-order chi connectivity index (χ1) is 9.52. The maximum Gasteiger partial charge on any atom is 0.128 e. The summed E-state index contributed by atoms with van der Waals surface area (Å²) in [5.41, 5.74) is 9.71. The zero-order valence-electron chi connectivity index (χ0n) is 11.7. The van der Waals surface area contributed by atoms with Crippen molar-refractivity contribution in [1.82, 2.24) is 4.98 Å². The van der Waals surface area contributed by atoms with E-state index >= 15 is 0 Å². The Morgan fingerprint density at radius 2 is 2.10 bits per heavy atom. The molecule has 2 rings (SSSR count). The number of rotatable bonds is 4. The molecule has 106 valence electrons. The highest BCUT2D eigenvalue weighted by atomic mass is 79.9. The number of pyridine rings is 1. The van der Waals surface area contributed by atoms with Crippen LogP contribution in [-0.2, 0) is 5.75 Å². The van der Waals surface area contributed by atoms with Crippen LogP contribution in [0.3, 0.4) is 0 Å². The van der Waals surface area contributed by atoms with Gasteiger partial charge in [-0.05, 0) is 48.0 Å². The van der Waals surface area contributed by atoms with Gasteiger partial charge in [-0.25, -0.2) is 0 Å². The van der Waals surface area contributed by atoms with Gasteiger partial charge in [0.1, 0.15) is 5.75 Å². The van der Waals surface area contributed by atoms with Crippen LogP contribution < -0.4 is 10.5 Å². The number of nitrogens with zero attached hydrogens (tertiary/aromatic N) is 1. The Morgan fingerprint density at radius 1 is 1.35 bits per heavy atom. The summed E-state index contributed by atoms with van der Waals surface area (Å²) in [7, 11) is 1.70. The van der Waals surface area contributed by atoms with Gasteiger partial charge in [-0.15, -0.1) is 11.8 Å². The molecule has 0 saturated heterocycles. The monoisotopic (exact) mass is 352 g/mol. The number of ether oxygens (including phenoxy) is 1. The fourth-order valence-corrected chi connectivity index (χ4v) is 3.68. The Kier molecular flexibility index (Phi) is 4.94. The lowest BCUT2D eigenvalue weighted by molar-refractivity contribution is 0.407. The average molecular weight is 353 g/mol. The maximum absolute atomic E-state index is 5.75. The van der Waals surface area contributed by atoms with Gasteiger partial charge in [0.15, 0.2) is 0 Å². The summed E-state index contributed by atoms with van der Waals surface area (Å²) in [4.78, 5) is 5.66. The molecule has 0 saturated carbocycles. The third-order valence-corrected chi connectivity index (χ3v) is 5.07. The van der Waals surface area contributed by atoms with Crippen molar-refractivity contribution >= 4 is 33.4 Å². The van der Waals surface area contributed by atoms with E-state index in [0.29, 0.717) is 0 Å². The van der Waals surface area contributed by atoms with E-state index in [2.05, 4.69) is 20.9 Å². The van der Waals surface area contributed by atoms with E-state index in [1.807, 2.05) is 38.2 Å². The SMILES string of the molecule is COc1c(C)cnc(CSc2ccc(N)cc2Br)c1C. The van der Waals surface area contributed by atoms with Crippen molar-refractivity contribution in [2.45, 2.75) is 24.5 Å². The number of nitrogen functional groups attached to an aromatic ring is 1. The number of hydrogen-bond acceptors (Lipinski definition) is 4. The zero-order valence-corrected chi connectivity index (χ0v) is 14.1. The second kappa shape index (κ2) is 6.50. The second-order valence-electron chi connectivity index (χ2n) is 4.52. The molecule has 0 aliphatic rings. The van der Waals surface area contributed by atoms with Crippen molar-refractivity contribution in [3.8, 4) is 5.75 Å². The first-order valence-corrected chi connectivity index (χ1v) is 7.97. The Labute approximate surface area is 132 Å². The molecule has 0 unspecified atom stereocenters. The highest BCUT2D eigenvalue weighted by Gasteiger charge is 2.10. The summed E-state index contributed by atoms with van der Waals surface area (Å²) in [6, 6.07) is 5.84. The standard InChI is InChI=1S/C15H17BrN2OS/c1-9-7-18-13(10(2)15(9)19-3)8-20-14-5-4-11(17)6-12(14)16/h4-7H,8,17H2,1-3H3. The van der Waals surface area contributed by atoms with E-state index < -0.39 is 0 Å². The summed E-state index contributed by atoms with van der Waals surface area (Å²) in [5.74, 6) is 1.72. The van der Waals surface area contributed by atoms with Crippen LogP contribution in [0.15, 0.2) is 33.8 Å². The number of aromatic nitrogens is 1. The van der Waals surface area contributed by atoms with Crippen molar-refractivity contribution in [1.29, 1.82) is 0 Å². The molecule has 1 aromatic heterocycles. The molecule has 0 aliphatic carbocycles. The number of halogens is 1. The molecule has 0 aliphatic heterocycles. The van der Waals surface area contributed by atoms with Crippen LogP contribution >= 0.6 is 27.7 Å². The number of anilines is 1. The first kappa shape index (κ1) is 15.2. The van der Waals surface area contributed by atoms with Gasteiger partial charge in [0.2, 0.25) is 0 Å². The molecular formula is C15H17BrN2OS. The summed E-state index contributed by atoms with van der Waals surface area (Å²) in [6.07, 6.45) is 1.86. The van der Waals surface area contributed by atoms with Crippen molar-refractivity contribution in [2.24, 2.45) is 0 Å². The number of hydrogen-bond donors (Lipinski definition) is 1. The molecule has 2 aromatic rings. The molecule has 0 atom stereocenters. The third kappa shape index (κ3) is 3.27. The fourth-order valence-electron chi connectivity index (χ4n) is 2.00. The molecule has 0 fully saturated rings. The molecule has 5 heteroatoms. The van der Waals surface area contributed by atoms with Gasteiger partial charge < -0.3 is 10.5 Å². The first-order valence-electron chi connectivity index (χ1n) is 6.19. The van der Waals surface area contributed by atoms with Gasteiger partial charge in [0.25, 0.3) is 0 Å². The summed E-state index contributed by atoms with van der Waals surface area (Å²) < 4.78 is 6.45. The molecule has 0 amide bonds. The smallest absolute Gasteiger partial charge is 0.128 e. The van der Waals surface area contributed by atoms with Crippen LogP contribution in [0.5, 0.6) is 5.75 Å². The minimum absolute atomic E-state index is 0.757. The van der Waals surface area contributed by atoms with E-state index in [1.54, 1.807) is 18.9 Å². The summed E-state index contributed by atoms with van der Waals surface area (Å²) in [6.45, 7) is 4.05. The minimum Gasteiger partial charge on any atom is -0.496 e. The Morgan fingerprint density at radius 3 is 2.75 bits per heavy atom. The van der Waals surface area contributed by atoms with Gasteiger partial charge in [0, 0.05) is 38.1 Å². The molecule has 0 radical (unpaired) electrons. The zero-order chi connectivity index (χ0) is 14.7.